The second-order valence-electron chi connectivity index (χ2n) is 3.96. The van der Waals surface area contributed by atoms with Gasteiger partial charge in [0.05, 0.1) is 5.69 Å². The van der Waals surface area contributed by atoms with Gasteiger partial charge in [0.1, 0.15) is 5.56 Å². The number of aromatic nitrogens is 2. The number of nitrogens with zero attached hydrogens (tertiary/aromatic N) is 2. The van der Waals surface area contributed by atoms with E-state index in [0.29, 0.717) is 31.6 Å². The molecule has 19 heavy (non-hydrogen) atoms. The van der Waals surface area contributed by atoms with Crippen LogP contribution in [0.4, 0.5) is 5.82 Å². The highest BCUT2D eigenvalue weighted by Gasteiger charge is 2.19. The van der Waals surface area contributed by atoms with Crippen molar-refractivity contribution < 1.29 is 9.90 Å². The second-order valence-corrected chi connectivity index (χ2v) is 3.96. The zero-order valence-corrected chi connectivity index (χ0v) is 11.6. The summed E-state index contributed by atoms with van der Waals surface area (Å²) < 4.78 is 0. The molecule has 0 fully saturated rings. The highest BCUT2D eigenvalue weighted by Crippen LogP contribution is 2.20. The summed E-state index contributed by atoms with van der Waals surface area (Å²) >= 11 is 0. The van der Waals surface area contributed by atoms with Gasteiger partial charge in [0.15, 0.2) is 5.82 Å². The van der Waals surface area contributed by atoms with Crippen LogP contribution in [0.2, 0.25) is 0 Å². The summed E-state index contributed by atoms with van der Waals surface area (Å²) in [5, 5.41) is 20.4. The van der Waals surface area contributed by atoms with Crippen LogP contribution >= 0.6 is 0 Å². The van der Waals surface area contributed by atoms with Gasteiger partial charge in [0.2, 0.25) is 0 Å². The largest absolute Gasteiger partial charge is 0.478 e. The molecule has 0 aliphatic rings. The van der Waals surface area contributed by atoms with Gasteiger partial charge >= 0.3 is 5.97 Å². The lowest BCUT2D eigenvalue weighted by atomic mass is 10.0. The van der Waals surface area contributed by atoms with Crippen LogP contribution in [0.3, 0.4) is 0 Å². The van der Waals surface area contributed by atoms with Gasteiger partial charge in [-0.05, 0) is 25.3 Å². The predicted molar refractivity (Wildman–Crippen MR) is 74.3 cm³/mol. The molecule has 0 aliphatic carbocycles. The minimum Gasteiger partial charge on any atom is -0.478 e. The molecular formula is C14H19N3O2. The first-order valence-electron chi connectivity index (χ1n) is 6.40. The maximum Gasteiger partial charge on any atom is 0.339 e. The standard InChI is InChI=1S/C14H19N3O2/c1-4-7-8-9-15-13-12(14(18)19)10(5-2)11(6-3)16-17-13/h5-6,8-9H2,1-3H3,(H,15,17)(H,18,19). The number of rotatable bonds is 6. The molecule has 0 aromatic carbocycles. The van der Waals surface area contributed by atoms with E-state index in [1.807, 2.05) is 13.8 Å². The van der Waals surface area contributed by atoms with Gasteiger partial charge < -0.3 is 10.4 Å². The summed E-state index contributed by atoms with van der Waals surface area (Å²) in [5.41, 5.74) is 1.74. The smallest absolute Gasteiger partial charge is 0.339 e. The summed E-state index contributed by atoms with van der Waals surface area (Å²) in [6.07, 6.45) is 1.95. The molecule has 0 atom stereocenters. The van der Waals surface area contributed by atoms with Crippen molar-refractivity contribution in [2.75, 3.05) is 11.9 Å². The molecule has 1 heterocycles. The van der Waals surface area contributed by atoms with E-state index in [1.165, 1.54) is 0 Å². The van der Waals surface area contributed by atoms with Crippen LogP contribution in [-0.4, -0.2) is 27.8 Å². The first-order valence-corrected chi connectivity index (χ1v) is 6.40. The van der Waals surface area contributed by atoms with E-state index < -0.39 is 5.97 Å². The van der Waals surface area contributed by atoms with Crippen LogP contribution in [0.1, 0.15) is 48.8 Å². The van der Waals surface area contributed by atoms with Crippen molar-refractivity contribution in [2.24, 2.45) is 0 Å². The molecular weight excluding hydrogens is 242 g/mol. The molecule has 0 saturated carbocycles. The van der Waals surface area contributed by atoms with Crippen LogP contribution in [0.5, 0.6) is 0 Å². The van der Waals surface area contributed by atoms with Gasteiger partial charge in [-0.2, -0.15) is 5.10 Å². The predicted octanol–water partition coefficient (Wildman–Crippen LogP) is 2.12. The van der Waals surface area contributed by atoms with Crippen molar-refractivity contribution in [3.8, 4) is 11.8 Å². The van der Waals surface area contributed by atoms with Crippen molar-refractivity contribution in [1.29, 1.82) is 0 Å². The van der Waals surface area contributed by atoms with E-state index in [-0.39, 0.29) is 5.56 Å². The Morgan fingerprint density at radius 1 is 1.32 bits per heavy atom. The lowest BCUT2D eigenvalue weighted by Gasteiger charge is -2.12. The van der Waals surface area contributed by atoms with Crippen LogP contribution < -0.4 is 5.32 Å². The van der Waals surface area contributed by atoms with E-state index >= 15 is 0 Å². The minimum absolute atomic E-state index is 0.235. The maximum atomic E-state index is 11.4. The maximum absolute atomic E-state index is 11.4. The van der Waals surface area contributed by atoms with E-state index in [9.17, 15) is 9.90 Å². The van der Waals surface area contributed by atoms with E-state index in [2.05, 4.69) is 27.4 Å². The fraction of sp³-hybridized carbons (Fsp3) is 0.500. The number of aromatic carboxylic acids is 1. The normalized spacial score (nSPS) is 9.63. The monoisotopic (exact) mass is 261 g/mol. The van der Waals surface area contributed by atoms with Crippen molar-refractivity contribution in [3.63, 3.8) is 0 Å². The summed E-state index contributed by atoms with van der Waals surface area (Å²) in [6, 6.07) is 0. The van der Waals surface area contributed by atoms with Gasteiger partial charge in [0, 0.05) is 13.0 Å². The number of nitrogens with one attached hydrogen (secondary N) is 1. The number of hydrogen-bond acceptors (Lipinski definition) is 4. The highest BCUT2D eigenvalue weighted by atomic mass is 16.4. The average Bonchev–Trinajstić information content (AvgIpc) is 2.42. The van der Waals surface area contributed by atoms with Crippen LogP contribution in [0, 0.1) is 11.8 Å². The van der Waals surface area contributed by atoms with E-state index in [4.69, 9.17) is 0 Å². The van der Waals surface area contributed by atoms with Crippen molar-refractivity contribution in [3.05, 3.63) is 16.8 Å². The molecule has 0 saturated heterocycles. The molecule has 0 radical (unpaired) electrons. The number of carbonyl (C=O) groups is 1. The molecule has 5 nitrogen and oxygen atoms in total. The Kier molecular flexibility index (Phi) is 5.80. The van der Waals surface area contributed by atoms with Crippen molar-refractivity contribution >= 4 is 11.8 Å². The zero-order valence-electron chi connectivity index (χ0n) is 11.6. The summed E-state index contributed by atoms with van der Waals surface area (Å²) in [6.45, 7) is 6.20. The van der Waals surface area contributed by atoms with Gasteiger partial charge in [-0.1, -0.05) is 13.8 Å². The average molecular weight is 261 g/mol. The SMILES string of the molecule is CC#CCCNc1nnc(CC)c(CC)c1C(=O)O. The molecule has 0 spiro atoms. The lowest BCUT2D eigenvalue weighted by Crippen LogP contribution is -2.15. The number of carboxylic acids is 1. The molecule has 1 aromatic heterocycles. The van der Waals surface area contributed by atoms with Gasteiger partial charge in [-0.3, -0.25) is 0 Å². The van der Waals surface area contributed by atoms with E-state index in [0.717, 1.165) is 11.3 Å². The highest BCUT2D eigenvalue weighted by molar-refractivity contribution is 5.95. The first-order chi connectivity index (χ1) is 9.15. The van der Waals surface area contributed by atoms with Crippen molar-refractivity contribution in [1.82, 2.24) is 10.2 Å². The van der Waals surface area contributed by atoms with Gasteiger partial charge in [-0.25, -0.2) is 4.79 Å². The van der Waals surface area contributed by atoms with Gasteiger partial charge in [0.25, 0.3) is 0 Å². The zero-order chi connectivity index (χ0) is 14.3. The quantitative estimate of drug-likeness (QED) is 0.606. The van der Waals surface area contributed by atoms with Crippen LogP contribution in [0.25, 0.3) is 0 Å². The summed E-state index contributed by atoms with van der Waals surface area (Å²) in [4.78, 5) is 11.4. The van der Waals surface area contributed by atoms with Crippen LogP contribution in [0.15, 0.2) is 0 Å². The number of anilines is 1. The third-order valence-electron chi connectivity index (χ3n) is 2.78. The third-order valence-corrected chi connectivity index (χ3v) is 2.78. The molecule has 2 N–H and O–H groups in total. The summed E-state index contributed by atoms with van der Waals surface area (Å²) in [7, 11) is 0. The molecule has 0 bridgehead atoms. The molecule has 5 heteroatoms. The Bertz CT molecular complexity index is 515. The fourth-order valence-electron chi connectivity index (χ4n) is 1.90. The molecule has 102 valence electrons. The van der Waals surface area contributed by atoms with Crippen molar-refractivity contribution in [2.45, 2.75) is 40.0 Å². The topological polar surface area (TPSA) is 75.1 Å². The Balaban J connectivity index is 3.08. The number of carboxylic acid groups (broad SMARTS) is 1. The second kappa shape index (κ2) is 7.37. The Morgan fingerprint density at radius 3 is 2.58 bits per heavy atom. The molecule has 1 aromatic rings. The molecule has 1 rings (SSSR count). The minimum atomic E-state index is -0.967. The molecule has 0 unspecified atom stereocenters. The summed E-state index contributed by atoms with van der Waals surface area (Å²) in [5.74, 6) is 5.07. The Labute approximate surface area is 113 Å². The Morgan fingerprint density at radius 2 is 2.05 bits per heavy atom. The molecule has 0 amide bonds. The Hall–Kier alpha value is -2.09. The fourth-order valence-corrected chi connectivity index (χ4v) is 1.90. The molecule has 0 aliphatic heterocycles. The number of hydrogen-bond donors (Lipinski definition) is 2. The third kappa shape index (κ3) is 3.68. The van der Waals surface area contributed by atoms with Gasteiger partial charge in [-0.15, -0.1) is 16.9 Å². The first kappa shape index (κ1) is 15.0. The lowest BCUT2D eigenvalue weighted by molar-refractivity contribution is 0.0696. The van der Waals surface area contributed by atoms with E-state index in [1.54, 1.807) is 6.92 Å². The van der Waals surface area contributed by atoms with Crippen LogP contribution in [-0.2, 0) is 12.8 Å². The number of aryl methyl sites for hydroxylation is 1.